The maximum absolute atomic E-state index is 13.6. The lowest BCUT2D eigenvalue weighted by Gasteiger charge is -2.23. The van der Waals surface area contributed by atoms with Gasteiger partial charge in [-0.15, -0.1) is 0 Å². The average molecular weight is 426 g/mol. The third kappa shape index (κ3) is 4.86. The molecule has 164 valence electrons. The Hall–Kier alpha value is -3.39. The number of likely N-dealkylation sites (N-methyl/N-ethyl adjacent to an activating group) is 1. The minimum Gasteiger partial charge on any atom is -0.489 e. The van der Waals surface area contributed by atoms with Crippen molar-refractivity contribution in [1.29, 1.82) is 0 Å². The first kappa shape index (κ1) is 22.3. The van der Waals surface area contributed by atoms with E-state index in [1.54, 1.807) is 55.7 Å². The van der Waals surface area contributed by atoms with Gasteiger partial charge in [0.25, 0.3) is 5.56 Å². The lowest BCUT2D eigenvalue weighted by atomic mass is 10.2. The second-order valence-electron chi connectivity index (χ2n) is 7.36. The third-order valence-electron chi connectivity index (χ3n) is 5.38. The number of aromatic nitrogens is 2. The van der Waals surface area contributed by atoms with Crippen LogP contribution in [0, 0.1) is 12.7 Å². The van der Waals surface area contributed by atoms with E-state index in [1.165, 1.54) is 10.7 Å². The Morgan fingerprint density at radius 2 is 1.81 bits per heavy atom. The summed E-state index contributed by atoms with van der Waals surface area (Å²) in [5.41, 5.74) is 1.32. The summed E-state index contributed by atoms with van der Waals surface area (Å²) < 4.78 is 22.3. The van der Waals surface area contributed by atoms with Crippen molar-refractivity contribution in [2.24, 2.45) is 7.05 Å². The number of anilines is 1. The van der Waals surface area contributed by atoms with Crippen LogP contribution in [-0.2, 0) is 11.8 Å². The summed E-state index contributed by atoms with van der Waals surface area (Å²) in [5.74, 6) is -0.557. The van der Waals surface area contributed by atoms with Gasteiger partial charge in [-0.25, -0.2) is 9.07 Å². The molecule has 1 unspecified atom stereocenters. The van der Waals surface area contributed by atoms with Crippen LogP contribution < -0.4 is 15.6 Å². The fourth-order valence-electron chi connectivity index (χ4n) is 3.20. The lowest BCUT2D eigenvalue weighted by molar-refractivity contribution is -0.120. The first-order valence-electron chi connectivity index (χ1n) is 10.0. The Labute approximate surface area is 180 Å². The molecule has 7 nitrogen and oxygen atoms in total. The van der Waals surface area contributed by atoms with E-state index in [2.05, 4.69) is 5.32 Å². The molecule has 8 heteroatoms. The Kier molecular flexibility index (Phi) is 6.91. The second kappa shape index (κ2) is 9.61. The predicted molar refractivity (Wildman–Crippen MR) is 118 cm³/mol. The van der Waals surface area contributed by atoms with E-state index in [0.29, 0.717) is 17.9 Å². The number of nitrogens with zero attached hydrogens (tertiary/aromatic N) is 3. The smallest absolute Gasteiger partial charge is 0.295 e. The number of carbonyl (C=O) groups is 1. The predicted octanol–water partition coefficient (Wildman–Crippen LogP) is 2.96. The Morgan fingerprint density at radius 3 is 2.48 bits per heavy atom. The summed E-state index contributed by atoms with van der Waals surface area (Å²) in [5, 5.41) is 2.77. The monoisotopic (exact) mass is 426 g/mol. The maximum atomic E-state index is 13.6. The van der Waals surface area contributed by atoms with Gasteiger partial charge in [0.05, 0.1) is 17.4 Å². The van der Waals surface area contributed by atoms with E-state index < -0.39 is 11.9 Å². The van der Waals surface area contributed by atoms with Gasteiger partial charge in [0.2, 0.25) is 5.91 Å². The normalized spacial score (nSPS) is 12.1. The van der Waals surface area contributed by atoms with Crippen LogP contribution in [0.2, 0.25) is 0 Å². The number of ether oxygens (including phenoxy) is 1. The Balaban J connectivity index is 1.65. The molecule has 0 spiro atoms. The van der Waals surface area contributed by atoms with Gasteiger partial charge < -0.3 is 10.1 Å². The van der Waals surface area contributed by atoms with Crippen molar-refractivity contribution in [3.05, 3.63) is 76.5 Å². The molecular weight excluding hydrogens is 399 g/mol. The summed E-state index contributed by atoms with van der Waals surface area (Å²) >= 11 is 0. The summed E-state index contributed by atoms with van der Waals surface area (Å²) in [6, 6.07) is 14.9. The second-order valence-corrected chi connectivity index (χ2v) is 7.36. The molecule has 1 amide bonds. The van der Waals surface area contributed by atoms with Crippen molar-refractivity contribution >= 4 is 11.6 Å². The van der Waals surface area contributed by atoms with E-state index in [1.807, 2.05) is 30.3 Å². The zero-order chi connectivity index (χ0) is 22.5. The molecule has 0 fully saturated rings. The average Bonchev–Trinajstić information content (AvgIpc) is 2.98. The fraction of sp³-hybridized carbons (Fsp3) is 0.304. The van der Waals surface area contributed by atoms with Crippen LogP contribution in [0.3, 0.4) is 0 Å². The van der Waals surface area contributed by atoms with E-state index in [9.17, 15) is 14.0 Å². The number of rotatable bonds is 8. The Morgan fingerprint density at radius 1 is 1.16 bits per heavy atom. The zero-order valence-corrected chi connectivity index (χ0v) is 18.1. The number of halogens is 1. The van der Waals surface area contributed by atoms with E-state index in [4.69, 9.17) is 4.74 Å². The molecule has 1 aromatic heterocycles. The summed E-state index contributed by atoms with van der Waals surface area (Å²) in [6.07, 6.45) is 0. The summed E-state index contributed by atoms with van der Waals surface area (Å²) in [4.78, 5) is 27.5. The molecule has 1 atom stereocenters. The summed E-state index contributed by atoms with van der Waals surface area (Å²) in [6.45, 7) is 4.16. The molecule has 0 aliphatic heterocycles. The van der Waals surface area contributed by atoms with Crippen molar-refractivity contribution in [3.8, 4) is 11.4 Å². The van der Waals surface area contributed by atoms with Crippen molar-refractivity contribution in [2.45, 2.75) is 19.9 Å². The molecule has 0 saturated heterocycles. The minimum atomic E-state index is -0.520. The van der Waals surface area contributed by atoms with Gasteiger partial charge >= 0.3 is 0 Å². The van der Waals surface area contributed by atoms with E-state index in [0.717, 1.165) is 0 Å². The van der Waals surface area contributed by atoms with Gasteiger partial charge in [-0.05, 0) is 45.2 Å². The lowest BCUT2D eigenvalue weighted by Crippen LogP contribution is -2.42. The molecule has 3 rings (SSSR count). The largest absolute Gasteiger partial charge is 0.489 e. The minimum absolute atomic E-state index is 0.175. The first-order valence-corrected chi connectivity index (χ1v) is 10.0. The number of carbonyl (C=O) groups excluding carboxylic acids is 1. The quantitative estimate of drug-likeness (QED) is 0.601. The van der Waals surface area contributed by atoms with Gasteiger partial charge in [0.1, 0.15) is 12.3 Å². The number of nitrogens with one attached hydrogen (secondary N) is 1. The SMILES string of the molecule is Cc1c(NC(=O)C(C)N(C)CCOc2ccccc2F)c(=O)n(-c2ccccc2)n1C. The van der Waals surface area contributed by atoms with Crippen LogP contribution in [0.25, 0.3) is 5.69 Å². The van der Waals surface area contributed by atoms with E-state index >= 15 is 0 Å². The van der Waals surface area contributed by atoms with Crippen LogP contribution in [0.4, 0.5) is 10.1 Å². The van der Waals surface area contributed by atoms with Crippen LogP contribution in [-0.4, -0.2) is 46.4 Å². The molecule has 1 heterocycles. The molecule has 3 aromatic rings. The number of hydrogen-bond donors (Lipinski definition) is 1. The molecule has 31 heavy (non-hydrogen) atoms. The Bertz CT molecular complexity index is 1110. The molecule has 0 aliphatic rings. The number of hydrogen-bond acceptors (Lipinski definition) is 4. The number of amides is 1. The van der Waals surface area contributed by atoms with Crippen LogP contribution >= 0.6 is 0 Å². The number of para-hydroxylation sites is 2. The topological polar surface area (TPSA) is 68.5 Å². The first-order chi connectivity index (χ1) is 14.8. The maximum Gasteiger partial charge on any atom is 0.295 e. The number of benzene rings is 2. The van der Waals surface area contributed by atoms with Gasteiger partial charge in [0, 0.05) is 13.6 Å². The van der Waals surface area contributed by atoms with Crippen molar-refractivity contribution in [1.82, 2.24) is 14.3 Å². The molecule has 0 bridgehead atoms. The molecular formula is C23H27FN4O3. The van der Waals surface area contributed by atoms with Crippen molar-refractivity contribution in [2.75, 3.05) is 25.5 Å². The summed E-state index contributed by atoms with van der Waals surface area (Å²) in [7, 11) is 3.55. The van der Waals surface area contributed by atoms with Gasteiger partial charge in [-0.1, -0.05) is 30.3 Å². The fourth-order valence-corrected chi connectivity index (χ4v) is 3.20. The van der Waals surface area contributed by atoms with Crippen LogP contribution in [0.5, 0.6) is 5.75 Å². The van der Waals surface area contributed by atoms with Gasteiger partial charge in [0.15, 0.2) is 11.6 Å². The van der Waals surface area contributed by atoms with Gasteiger partial charge in [-0.3, -0.25) is 19.2 Å². The van der Waals surface area contributed by atoms with Crippen molar-refractivity contribution in [3.63, 3.8) is 0 Å². The highest BCUT2D eigenvalue weighted by Crippen LogP contribution is 2.16. The molecule has 2 aromatic carbocycles. The standard InChI is InChI=1S/C23H27FN4O3/c1-16-21(23(30)28(27(16)4)18-10-6-5-7-11-18)25-22(29)17(2)26(3)14-15-31-20-13-9-8-12-19(20)24/h5-13,17H,14-15H2,1-4H3,(H,25,29). The van der Waals surface area contributed by atoms with E-state index in [-0.39, 0.29) is 29.5 Å². The van der Waals surface area contributed by atoms with Crippen LogP contribution in [0.15, 0.2) is 59.4 Å². The zero-order valence-electron chi connectivity index (χ0n) is 18.1. The molecule has 1 N–H and O–H groups in total. The highest BCUT2D eigenvalue weighted by molar-refractivity contribution is 5.94. The van der Waals surface area contributed by atoms with Gasteiger partial charge in [-0.2, -0.15) is 0 Å². The molecule has 0 saturated carbocycles. The highest BCUT2D eigenvalue weighted by atomic mass is 19.1. The molecule has 0 aliphatic carbocycles. The van der Waals surface area contributed by atoms with Crippen LogP contribution in [0.1, 0.15) is 12.6 Å². The third-order valence-corrected chi connectivity index (χ3v) is 5.38. The highest BCUT2D eigenvalue weighted by Gasteiger charge is 2.23. The van der Waals surface area contributed by atoms with Crippen molar-refractivity contribution < 1.29 is 13.9 Å². The molecule has 0 radical (unpaired) electrons.